The Hall–Kier alpha value is -0.900. The number of nitrogens with zero attached hydrogens (tertiary/aromatic N) is 2. The van der Waals surface area contributed by atoms with Crippen LogP contribution in [-0.2, 0) is 0 Å². The molecule has 1 heterocycles. The summed E-state index contributed by atoms with van der Waals surface area (Å²) in [7, 11) is 2.24. The average molecular weight is 275 g/mol. The zero-order valence-electron chi connectivity index (χ0n) is 13.4. The van der Waals surface area contributed by atoms with Gasteiger partial charge < -0.3 is 5.32 Å². The molecule has 1 unspecified atom stereocenters. The fourth-order valence-electron chi connectivity index (χ4n) is 2.96. The Labute approximate surface area is 124 Å². The molecule has 1 saturated heterocycles. The molecule has 112 valence electrons. The van der Waals surface area contributed by atoms with Gasteiger partial charge in [0, 0.05) is 45.3 Å². The first-order chi connectivity index (χ1) is 9.58. The zero-order valence-corrected chi connectivity index (χ0v) is 13.4. The van der Waals surface area contributed by atoms with Crippen LogP contribution in [0.4, 0.5) is 0 Å². The van der Waals surface area contributed by atoms with Crippen LogP contribution in [-0.4, -0.2) is 56.1 Å². The number of nitrogens with one attached hydrogen (secondary N) is 1. The van der Waals surface area contributed by atoms with E-state index in [1.807, 2.05) is 0 Å². The highest BCUT2D eigenvalue weighted by Crippen LogP contribution is 2.23. The Morgan fingerprint density at radius 1 is 1.25 bits per heavy atom. The van der Waals surface area contributed by atoms with Crippen LogP contribution in [0, 0.1) is 13.8 Å². The Kier molecular flexibility index (Phi) is 5.58. The Balaban J connectivity index is 1.89. The molecule has 20 heavy (non-hydrogen) atoms. The van der Waals surface area contributed by atoms with E-state index in [2.05, 4.69) is 61.1 Å². The molecule has 0 radical (unpaired) electrons. The molecule has 2 rings (SSSR count). The van der Waals surface area contributed by atoms with Gasteiger partial charge in [-0.2, -0.15) is 0 Å². The van der Waals surface area contributed by atoms with E-state index < -0.39 is 0 Å². The van der Waals surface area contributed by atoms with Crippen LogP contribution < -0.4 is 5.32 Å². The molecule has 3 nitrogen and oxygen atoms in total. The fraction of sp³-hybridized carbons (Fsp3) is 0.647. The maximum atomic E-state index is 3.41. The Bertz CT molecular complexity index is 424. The van der Waals surface area contributed by atoms with Crippen molar-refractivity contribution < 1.29 is 0 Å². The van der Waals surface area contributed by atoms with Crippen molar-refractivity contribution in [3.8, 4) is 0 Å². The van der Waals surface area contributed by atoms with Crippen molar-refractivity contribution in [3.05, 3.63) is 34.9 Å². The molecule has 1 aromatic rings. The van der Waals surface area contributed by atoms with Gasteiger partial charge in [0.05, 0.1) is 0 Å². The van der Waals surface area contributed by atoms with Gasteiger partial charge in [-0.3, -0.25) is 9.80 Å². The van der Waals surface area contributed by atoms with Crippen LogP contribution in [0.25, 0.3) is 0 Å². The van der Waals surface area contributed by atoms with Crippen molar-refractivity contribution in [3.63, 3.8) is 0 Å². The first kappa shape index (κ1) is 15.5. The van der Waals surface area contributed by atoms with Gasteiger partial charge in [0.1, 0.15) is 0 Å². The quantitative estimate of drug-likeness (QED) is 0.889. The number of aryl methyl sites for hydroxylation is 2. The minimum absolute atomic E-state index is 0.485. The van der Waals surface area contributed by atoms with Crippen molar-refractivity contribution in [2.45, 2.75) is 26.8 Å². The van der Waals surface area contributed by atoms with E-state index in [-0.39, 0.29) is 0 Å². The minimum atomic E-state index is 0.485. The smallest absolute Gasteiger partial charge is 0.0320 e. The maximum absolute atomic E-state index is 3.41. The predicted octanol–water partition coefficient (Wildman–Crippen LogP) is 2.20. The third-order valence-corrected chi connectivity index (χ3v) is 4.52. The largest absolute Gasteiger partial charge is 0.314 e. The van der Waals surface area contributed by atoms with Crippen LogP contribution in [0.5, 0.6) is 0 Å². The van der Waals surface area contributed by atoms with Gasteiger partial charge in [0.15, 0.2) is 0 Å². The summed E-state index contributed by atoms with van der Waals surface area (Å²) in [6, 6.07) is 7.29. The highest BCUT2D eigenvalue weighted by Gasteiger charge is 2.15. The third-order valence-electron chi connectivity index (χ3n) is 4.52. The van der Waals surface area contributed by atoms with Gasteiger partial charge in [-0.1, -0.05) is 23.8 Å². The van der Waals surface area contributed by atoms with Gasteiger partial charge >= 0.3 is 0 Å². The molecule has 1 aromatic carbocycles. The molecule has 1 N–H and O–H groups in total. The van der Waals surface area contributed by atoms with Crippen LogP contribution in [0.15, 0.2) is 18.2 Å². The molecule has 0 saturated carbocycles. The number of hydrogen-bond acceptors (Lipinski definition) is 3. The monoisotopic (exact) mass is 275 g/mol. The van der Waals surface area contributed by atoms with E-state index in [9.17, 15) is 0 Å². The second-order valence-electron chi connectivity index (χ2n) is 6.11. The van der Waals surface area contributed by atoms with Crippen molar-refractivity contribution in [2.24, 2.45) is 0 Å². The Morgan fingerprint density at radius 3 is 2.60 bits per heavy atom. The lowest BCUT2D eigenvalue weighted by molar-refractivity contribution is 0.183. The highest BCUT2D eigenvalue weighted by atomic mass is 15.2. The van der Waals surface area contributed by atoms with Gasteiger partial charge in [0.25, 0.3) is 0 Å². The van der Waals surface area contributed by atoms with Crippen LogP contribution in [0.1, 0.15) is 29.7 Å². The van der Waals surface area contributed by atoms with Gasteiger partial charge in [-0.25, -0.2) is 0 Å². The molecule has 0 bridgehead atoms. The minimum Gasteiger partial charge on any atom is -0.314 e. The molecule has 0 amide bonds. The second kappa shape index (κ2) is 7.21. The number of likely N-dealkylation sites (N-methyl/N-ethyl adjacent to an activating group) is 1. The standard InChI is InChI=1S/C17H29N3/c1-14-5-6-17(15(2)13-14)16(3)19(4)11-12-20-9-7-18-8-10-20/h5-6,13,16,18H,7-12H2,1-4H3. The summed E-state index contributed by atoms with van der Waals surface area (Å²) < 4.78 is 0. The third kappa shape index (κ3) is 4.05. The molecule has 1 aliphatic rings. The van der Waals surface area contributed by atoms with E-state index in [4.69, 9.17) is 0 Å². The molecule has 0 spiro atoms. The van der Waals surface area contributed by atoms with E-state index in [0.717, 1.165) is 19.6 Å². The number of hydrogen-bond donors (Lipinski definition) is 1. The lowest BCUT2D eigenvalue weighted by Gasteiger charge is -2.32. The van der Waals surface area contributed by atoms with Gasteiger partial charge in [0.2, 0.25) is 0 Å². The first-order valence-electron chi connectivity index (χ1n) is 7.78. The number of benzene rings is 1. The molecular formula is C17H29N3. The molecule has 1 atom stereocenters. The summed E-state index contributed by atoms with van der Waals surface area (Å²) in [6.45, 7) is 13.7. The summed E-state index contributed by atoms with van der Waals surface area (Å²) in [5, 5.41) is 3.41. The lowest BCUT2D eigenvalue weighted by Crippen LogP contribution is -2.46. The molecule has 1 fully saturated rings. The first-order valence-corrected chi connectivity index (χ1v) is 7.78. The average Bonchev–Trinajstić information content (AvgIpc) is 2.45. The Morgan fingerprint density at radius 2 is 1.95 bits per heavy atom. The van der Waals surface area contributed by atoms with Gasteiger partial charge in [-0.05, 0) is 38.9 Å². The van der Waals surface area contributed by atoms with Crippen molar-refractivity contribution in [2.75, 3.05) is 46.3 Å². The van der Waals surface area contributed by atoms with Crippen LogP contribution in [0.2, 0.25) is 0 Å². The molecular weight excluding hydrogens is 246 g/mol. The normalized spacial score (nSPS) is 18.4. The van der Waals surface area contributed by atoms with E-state index >= 15 is 0 Å². The summed E-state index contributed by atoms with van der Waals surface area (Å²) in [5.41, 5.74) is 4.21. The topological polar surface area (TPSA) is 18.5 Å². The summed E-state index contributed by atoms with van der Waals surface area (Å²) >= 11 is 0. The summed E-state index contributed by atoms with van der Waals surface area (Å²) in [6.07, 6.45) is 0. The number of piperazine rings is 1. The highest BCUT2D eigenvalue weighted by molar-refractivity contribution is 5.32. The SMILES string of the molecule is Cc1ccc(C(C)N(C)CCN2CCNCC2)c(C)c1. The van der Waals surface area contributed by atoms with E-state index in [1.165, 1.54) is 36.3 Å². The second-order valence-corrected chi connectivity index (χ2v) is 6.11. The summed E-state index contributed by atoms with van der Waals surface area (Å²) in [4.78, 5) is 5.03. The van der Waals surface area contributed by atoms with E-state index in [0.29, 0.717) is 6.04 Å². The maximum Gasteiger partial charge on any atom is 0.0320 e. The van der Waals surface area contributed by atoms with Gasteiger partial charge in [-0.15, -0.1) is 0 Å². The van der Waals surface area contributed by atoms with E-state index in [1.54, 1.807) is 0 Å². The molecule has 1 aliphatic heterocycles. The van der Waals surface area contributed by atoms with Crippen molar-refractivity contribution >= 4 is 0 Å². The fourth-order valence-corrected chi connectivity index (χ4v) is 2.96. The van der Waals surface area contributed by atoms with Crippen LogP contribution >= 0.6 is 0 Å². The van der Waals surface area contributed by atoms with Crippen LogP contribution in [0.3, 0.4) is 0 Å². The lowest BCUT2D eigenvalue weighted by atomic mass is 9.99. The molecule has 0 aliphatic carbocycles. The zero-order chi connectivity index (χ0) is 14.5. The number of rotatable bonds is 5. The van der Waals surface area contributed by atoms with Crippen molar-refractivity contribution in [1.82, 2.24) is 15.1 Å². The predicted molar refractivity (Wildman–Crippen MR) is 86.3 cm³/mol. The van der Waals surface area contributed by atoms with Crippen molar-refractivity contribution in [1.29, 1.82) is 0 Å². The summed E-state index contributed by atoms with van der Waals surface area (Å²) in [5.74, 6) is 0. The molecule has 3 heteroatoms. The molecule has 0 aromatic heterocycles.